The molecule has 0 bridgehead atoms. The molecule has 1 aliphatic heterocycles. The average Bonchev–Trinajstić information content (AvgIpc) is 3.05. The molecule has 0 unspecified atom stereocenters. The summed E-state index contributed by atoms with van der Waals surface area (Å²) in [6.07, 6.45) is -0.369. The van der Waals surface area contributed by atoms with Crippen molar-refractivity contribution in [2.45, 2.75) is 25.2 Å². The number of rotatable bonds is 6. The van der Waals surface area contributed by atoms with Gasteiger partial charge in [-0.05, 0) is 67.4 Å². The standard InChI is InChI=1S/C25H21ClN2O5S/c1-16-7-8-17(2)22(15-16)28(34(32,33)19-11-9-18(26)10-12-19)23(29)13-14-27-24(30)20-5-3-4-6-21(20)25(27)31/h3-12,15H,13-14H2,1-2H3. The van der Waals surface area contributed by atoms with Crippen LogP contribution in [-0.4, -0.2) is 37.6 Å². The van der Waals surface area contributed by atoms with Gasteiger partial charge in [0, 0.05) is 18.0 Å². The van der Waals surface area contributed by atoms with Gasteiger partial charge in [-0.2, -0.15) is 0 Å². The molecule has 7 nitrogen and oxygen atoms in total. The Morgan fingerprint density at radius 3 is 2.09 bits per heavy atom. The summed E-state index contributed by atoms with van der Waals surface area (Å²) in [6.45, 7) is 3.25. The number of aryl methyl sites for hydroxylation is 2. The van der Waals surface area contributed by atoms with Gasteiger partial charge in [0.05, 0.1) is 21.7 Å². The van der Waals surface area contributed by atoms with Crippen LogP contribution in [0.2, 0.25) is 5.02 Å². The van der Waals surface area contributed by atoms with Gasteiger partial charge in [-0.1, -0.05) is 35.9 Å². The number of halogens is 1. The maximum Gasteiger partial charge on any atom is 0.270 e. The van der Waals surface area contributed by atoms with Crippen LogP contribution in [0.5, 0.6) is 0 Å². The van der Waals surface area contributed by atoms with Crippen LogP contribution in [0.15, 0.2) is 71.6 Å². The molecule has 0 saturated heterocycles. The Labute approximate surface area is 202 Å². The lowest BCUT2D eigenvalue weighted by molar-refractivity contribution is -0.117. The monoisotopic (exact) mass is 496 g/mol. The number of hydrogen-bond donors (Lipinski definition) is 0. The van der Waals surface area contributed by atoms with Crippen LogP contribution in [0.4, 0.5) is 5.69 Å². The van der Waals surface area contributed by atoms with Crippen molar-refractivity contribution in [3.8, 4) is 0 Å². The van der Waals surface area contributed by atoms with Crippen LogP contribution < -0.4 is 4.31 Å². The largest absolute Gasteiger partial charge is 0.274 e. The van der Waals surface area contributed by atoms with E-state index in [2.05, 4.69) is 0 Å². The van der Waals surface area contributed by atoms with Gasteiger partial charge in [-0.25, -0.2) is 12.7 Å². The molecular formula is C25H21ClN2O5S. The number of hydrogen-bond acceptors (Lipinski definition) is 5. The molecule has 0 radical (unpaired) electrons. The Balaban J connectivity index is 1.68. The molecule has 3 amide bonds. The Morgan fingerprint density at radius 2 is 1.50 bits per heavy atom. The number of fused-ring (bicyclic) bond motifs is 1. The minimum atomic E-state index is -4.30. The first kappa shape index (κ1) is 23.7. The van der Waals surface area contributed by atoms with Crippen LogP contribution in [0, 0.1) is 13.8 Å². The number of carbonyl (C=O) groups excluding carboxylic acids is 3. The summed E-state index contributed by atoms with van der Waals surface area (Å²) in [5.41, 5.74) is 2.09. The molecule has 0 saturated carbocycles. The van der Waals surface area contributed by atoms with Gasteiger partial charge in [0.25, 0.3) is 21.8 Å². The fourth-order valence-electron chi connectivity index (χ4n) is 3.80. The van der Waals surface area contributed by atoms with E-state index in [4.69, 9.17) is 11.6 Å². The molecule has 0 fully saturated rings. The Hall–Kier alpha value is -3.49. The number of anilines is 1. The summed E-state index contributed by atoms with van der Waals surface area (Å²) in [5.74, 6) is -1.78. The Bertz CT molecular complexity index is 1380. The lowest BCUT2D eigenvalue weighted by Crippen LogP contribution is -2.40. The number of benzene rings is 3. The summed E-state index contributed by atoms with van der Waals surface area (Å²) in [5, 5.41) is 0.356. The Kier molecular flexibility index (Phi) is 6.29. The summed E-state index contributed by atoms with van der Waals surface area (Å²) in [7, 11) is -4.30. The molecular weight excluding hydrogens is 476 g/mol. The minimum absolute atomic E-state index is 0.105. The van der Waals surface area contributed by atoms with Gasteiger partial charge in [-0.15, -0.1) is 0 Å². The highest BCUT2D eigenvalue weighted by molar-refractivity contribution is 7.93. The number of carbonyl (C=O) groups is 3. The second-order valence-corrected chi connectivity index (χ2v) is 10.2. The normalized spacial score (nSPS) is 13.2. The lowest BCUT2D eigenvalue weighted by atomic mass is 10.1. The van der Waals surface area contributed by atoms with Gasteiger partial charge in [0.15, 0.2) is 0 Å². The van der Waals surface area contributed by atoms with Crippen LogP contribution in [-0.2, 0) is 14.8 Å². The molecule has 0 aliphatic carbocycles. The van der Waals surface area contributed by atoms with E-state index in [-0.39, 0.29) is 34.7 Å². The summed E-state index contributed by atoms with van der Waals surface area (Å²) < 4.78 is 27.9. The van der Waals surface area contributed by atoms with E-state index >= 15 is 0 Å². The molecule has 34 heavy (non-hydrogen) atoms. The molecule has 1 heterocycles. The van der Waals surface area contributed by atoms with E-state index in [0.717, 1.165) is 14.8 Å². The van der Waals surface area contributed by atoms with Crippen molar-refractivity contribution in [3.05, 3.63) is 94.0 Å². The third kappa shape index (κ3) is 4.22. The molecule has 0 spiro atoms. The molecule has 1 aliphatic rings. The molecule has 174 valence electrons. The van der Waals surface area contributed by atoms with Crippen LogP contribution in [0.25, 0.3) is 0 Å². The SMILES string of the molecule is Cc1ccc(C)c(N(C(=O)CCN2C(=O)c3ccccc3C2=O)S(=O)(=O)c2ccc(Cl)cc2)c1. The van der Waals surface area contributed by atoms with Gasteiger partial charge >= 0.3 is 0 Å². The van der Waals surface area contributed by atoms with Crippen molar-refractivity contribution in [1.29, 1.82) is 0 Å². The fraction of sp³-hybridized carbons (Fsp3) is 0.160. The third-order valence-electron chi connectivity index (χ3n) is 5.59. The van der Waals surface area contributed by atoms with Crippen molar-refractivity contribution in [3.63, 3.8) is 0 Å². The smallest absolute Gasteiger partial charge is 0.270 e. The fourth-order valence-corrected chi connectivity index (χ4v) is 5.43. The van der Waals surface area contributed by atoms with Gasteiger partial charge in [0.1, 0.15) is 0 Å². The minimum Gasteiger partial charge on any atom is -0.274 e. The van der Waals surface area contributed by atoms with E-state index in [0.29, 0.717) is 10.6 Å². The second kappa shape index (κ2) is 9.04. The van der Waals surface area contributed by atoms with Crippen LogP contribution in [0.3, 0.4) is 0 Å². The first-order chi connectivity index (χ1) is 16.1. The predicted octanol–water partition coefficient (Wildman–Crippen LogP) is 4.37. The average molecular weight is 497 g/mol. The summed E-state index contributed by atoms with van der Waals surface area (Å²) in [6, 6.07) is 17.1. The molecule has 0 atom stereocenters. The van der Waals surface area contributed by atoms with Crippen molar-refractivity contribution >= 4 is 45.0 Å². The van der Waals surface area contributed by atoms with Crippen LogP contribution in [0.1, 0.15) is 38.3 Å². The number of amides is 3. The predicted molar refractivity (Wildman–Crippen MR) is 128 cm³/mol. The van der Waals surface area contributed by atoms with Crippen molar-refractivity contribution in [1.82, 2.24) is 4.90 Å². The van der Waals surface area contributed by atoms with E-state index in [1.54, 1.807) is 50.2 Å². The van der Waals surface area contributed by atoms with Gasteiger partial charge < -0.3 is 0 Å². The van der Waals surface area contributed by atoms with E-state index in [1.165, 1.54) is 24.3 Å². The number of nitrogens with zero attached hydrogens (tertiary/aromatic N) is 2. The number of imide groups is 1. The molecule has 9 heteroatoms. The number of sulfonamides is 1. The molecule has 3 aromatic carbocycles. The van der Waals surface area contributed by atoms with E-state index in [1.807, 2.05) is 6.07 Å². The van der Waals surface area contributed by atoms with Gasteiger partial charge in [-0.3, -0.25) is 19.3 Å². The highest BCUT2D eigenvalue weighted by Gasteiger charge is 2.37. The maximum absolute atomic E-state index is 13.6. The second-order valence-electron chi connectivity index (χ2n) is 7.96. The Morgan fingerprint density at radius 1 is 0.912 bits per heavy atom. The van der Waals surface area contributed by atoms with Gasteiger partial charge in [0.2, 0.25) is 5.91 Å². The highest BCUT2D eigenvalue weighted by Crippen LogP contribution is 2.30. The molecule has 0 N–H and O–H groups in total. The quantitative estimate of drug-likeness (QED) is 0.473. The van der Waals surface area contributed by atoms with E-state index in [9.17, 15) is 22.8 Å². The summed E-state index contributed by atoms with van der Waals surface area (Å²) >= 11 is 5.91. The van der Waals surface area contributed by atoms with Crippen LogP contribution >= 0.6 is 11.6 Å². The molecule has 3 aromatic rings. The maximum atomic E-state index is 13.6. The summed E-state index contributed by atoms with van der Waals surface area (Å²) in [4.78, 5) is 39.6. The van der Waals surface area contributed by atoms with Crippen molar-refractivity contribution < 1.29 is 22.8 Å². The lowest BCUT2D eigenvalue weighted by Gasteiger charge is -2.25. The zero-order valence-corrected chi connectivity index (χ0v) is 20.1. The highest BCUT2D eigenvalue weighted by atomic mass is 35.5. The zero-order valence-electron chi connectivity index (χ0n) is 18.5. The first-order valence-electron chi connectivity index (χ1n) is 10.5. The van der Waals surface area contributed by atoms with E-state index < -0.39 is 27.7 Å². The molecule has 0 aromatic heterocycles. The zero-order chi connectivity index (χ0) is 24.6. The third-order valence-corrected chi connectivity index (χ3v) is 7.59. The van der Waals surface area contributed by atoms with Crippen molar-refractivity contribution in [2.75, 3.05) is 10.8 Å². The van der Waals surface area contributed by atoms with Crippen molar-refractivity contribution in [2.24, 2.45) is 0 Å². The molecule has 4 rings (SSSR count). The first-order valence-corrected chi connectivity index (χ1v) is 12.3. The topological polar surface area (TPSA) is 91.8 Å².